The van der Waals surface area contributed by atoms with Crippen LogP contribution in [0.1, 0.15) is 72.9 Å². The Kier molecular flexibility index (Phi) is 9.01. The first kappa shape index (κ1) is 24.9. The molecule has 1 aromatic carbocycles. The first-order valence-corrected chi connectivity index (χ1v) is 12.7. The molecule has 0 radical (unpaired) electrons. The van der Waals surface area contributed by atoms with Crippen molar-refractivity contribution in [3.63, 3.8) is 0 Å². The molecule has 5 nitrogen and oxygen atoms in total. The average molecular weight is 466 g/mol. The van der Waals surface area contributed by atoms with Gasteiger partial charge in [-0.25, -0.2) is 4.98 Å². The maximum atomic E-state index is 12.6. The molecule has 1 unspecified atom stereocenters. The average Bonchev–Trinajstić information content (AvgIpc) is 3.17. The van der Waals surface area contributed by atoms with Crippen molar-refractivity contribution < 1.29 is 9.59 Å². The van der Waals surface area contributed by atoms with E-state index in [2.05, 4.69) is 55.3 Å². The molecule has 0 aliphatic heterocycles. The smallest absolute Gasteiger partial charge is 0.272 e. The number of aromatic nitrogens is 1. The number of pyridine rings is 1. The van der Waals surface area contributed by atoms with Gasteiger partial charge in [-0.15, -0.1) is 11.3 Å². The van der Waals surface area contributed by atoms with E-state index < -0.39 is 0 Å². The van der Waals surface area contributed by atoms with Crippen molar-refractivity contribution in [3.05, 3.63) is 58.7 Å². The molecule has 33 heavy (non-hydrogen) atoms. The van der Waals surface area contributed by atoms with Gasteiger partial charge in [0.1, 0.15) is 12.0 Å². The molecule has 1 N–H and O–H groups in total. The lowest BCUT2D eigenvalue weighted by Gasteiger charge is -2.29. The summed E-state index contributed by atoms with van der Waals surface area (Å²) in [6, 6.07) is 12.5. The van der Waals surface area contributed by atoms with E-state index in [4.69, 9.17) is 0 Å². The van der Waals surface area contributed by atoms with Crippen LogP contribution in [0.3, 0.4) is 0 Å². The van der Waals surface area contributed by atoms with E-state index in [1.165, 1.54) is 25.4 Å². The number of rotatable bonds is 12. The Balaban J connectivity index is 1.89. The van der Waals surface area contributed by atoms with Crippen LogP contribution in [-0.4, -0.2) is 35.7 Å². The van der Waals surface area contributed by atoms with Gasteiger partial charge < -0.3 is 15.0 Å². The van der Waals surface area contributed by atoms with Crippen LogP contribution in [0.5, 0.6) is 0 Å². The largest absolute Gasteiger partial charge is 0.376 e. The number of nitrogens with one attached hydrogen (secondary N) is 1. The van der Waals surface area contributed by atoms with Gasteiger partial charge >= 0.3 is 0 Å². The third kappa shape index (κ3) is 5.99. The summed E-state index contributed by atoms with van der Waals surface area (Å²) >= 11 is 1.88. The highest BCUT2D eigenvalue weighted by Crippen LogP contribution is 2.41. The van der Waals surface area contributed by atoms with Crippen molar-refractivity contribution in [2.24, 2.45) is 5.92 Å². The number of hydrogen-bond donors (Lipinski definition) is 1. The third-order valence-electron chi connectivity index (χ3n) is 6.19. The second kappa shape index (κ2) is 11.9. The van der Waals surface area contributed by atoms with Crippen LogP contribution >= 0.6 is 11.3 Å². The van der Waals surface area contributed by atoms with Crippen molar-refractivity contribution in [2.75, 3.05) is 18.9 Å². The SMILES string of the molecule is CCCC(CCC)C(Nc1ccc(C(=O)N(C)CCC=O)nc1)c1sc2ccccc2c1C. The second-order valence-electron chi connectivity index (χ2n) is 8.66. The summed E-state index contributed by atoms with van der Waals surface area (Å²) in [5.41, 5.74) is 2.66. The number of amides is 1. The zero-order valence-electron chi connectivity index (χ0n) is 20.1. The van der Waals surface area contributed by atoms with E-state index in [1.54, 1.807) is 19.3 Å². The Hall–Kier alpha value is -2.73. The number of anilines is 1. The summed E-state index contributed by atoms with van der Waals surface area (Å²) in [6.07, 6.45) is 7.51. The number of thiophene rings is 1. The van der Waals surface area contributed by atoms with Gasteiger partial charge in [0.25, 0.3) is 5.91 Å². The molecular formula is C27H35N3O2S. The molecule has 176 valence electrons. The van der Waals surface area contributed by atoms with E-state index in [-0.39, 0.29) is 11.9 Å². The predicted octanol–water partition coefficient (Wildman–Crippen LogP) is 6.64. The van der Waals surface area contributed by atoms with Crippen LogP contribution < -0.4 is 5.32 Å². The number of nitrogens with zero attached hydrogens (tertiary/aromatic N) is 2. The maximum absolute atomic E-state index is 12.6. The Morgan fingerprint density at radius 1 is 1.15 bits per heavy atom. The molecular weight excluding hydrogens is 430 g/mol. The van der Waals surface area contributed by atoms with Gasteiger partial charge in [-0.05, 0) is 54.8 Å². The van der Waals surface area contributed by atoms with E-state index in [1.807, 2.05) is 17.4 Å². The maximum Gasteiger partial charge on any atom is 0.272 e. The molecule has 3 aromatic rings. The first-order chi connectivity index (χ1) is 16.0. The summed E-state index contributed by atoms with van der Waals surface area (Å²) in [7, 11) is 1.69. The van der Waals surface area contributed by atoms with Crippen molar-refractivity contribution in [2.45, 2.75) is 58.9 Å². The summed E-state index contributed by atoms with van der Waals surface area (Å²) in [5.74, 6) is 0.345. The van der Waals surface area contributed by atoms with E-state index in [9.17, 15) is 9.59 Å². The van der Waals surface area contributed by atoms with E-state index >= 15 is 0 Å². The first-order valence-electron chi connectivity index (χ1n) is 11.9. The fourth-order valence-electron chi connectivity index (χ4n) is 4.44. The number of carbonyl (C=O) groups excluding carboxylic acids is 2. The number of hydrogen-bond acceptors (Lipinski definition) is 5. The molecule has 1 amide bonds. The fraction of sp³-hybridized carbons (Fsp3) is 0.444. The third-order valence-corrected chi connectivity index (χ3v) is 7.54. The molecule has 0 fully saturated rings. The highest BCUT2D eigenvalue weighted by atomic mass is 32.1. The summed E-state index contributed by atoms with van der Waals surface area (Å²) in [4.78, 5) is 30.5. The number of carbonyl (C=O) groups is 2. The molecule has 0 spiro atoms. The quantitative estimate of drug-likeness (QED) is 0.305. The van der Waals surface area contributed by atoms with Crippen LogP contribution in [0.15, 0.2) is 42.6 Å². The van der Waals surface area contributed by atoms with Crippen LogP contribution in [0.2, 0.25) is 0 Å². The molecule has 2 heterocycles. The van der Waals surface area contributed by atoms with E-state index in [0.717, 1.165) is 37.7 Å². The lowest BCUT2D eigenvalue weighted by molar-refractivity contribution is -0.108. The molecule has 0 aliphatic carbocycles. The van der Waals surface area contributed by atoms with Crippen molar-refractivity contribution in [1.82, 2.24) is 9.88 Å². The topological polar surface area (TPSA) is 62.3 Å². The molecule has 0 saturated carbocycles. The Morgan fingerprint density at radius 2 is 1.88 bits per heavy atom. The van der Waals surface area contributed by atoms with Gasteiger partial charge in [-0.3, -0.25) is 4.79 Å². The van der Waals surface area contributed by atoms with Gasteiger partial charge in [-0.1, -0.05) is 44.9 Å². The molecule has 6 heteroatoms. The minimum Gasteiger partial charge on any atom is -0.376 e. The number of aryl methyl sites for hydroxylation is 1. The zero-order chi connectivity index (χ0) is 23.8. The van der Waals surface area contributed by atoms with Crippen LogP contribution in [0.4, 0.5) is 5.69 Å². The zero-order valence-corrected chi connectivity index (χ0v) is 21.0. The Morgan fingerprint density at radius 3 is 2.48 bits per heavy atom. The predicted molar refractivity (Wildman–Crippen MR) is 138 cm³/mol. The van der Waals surface area contributed by atoms with Gasteiger partial charge in [0.2, 0.25) is 0 Å². The summed E-state index contributed by atoms with van der Waals surface area (Å²) in [5, 5.41) is 5.10. The van der Waals surface area contributed by atoms with Crippen molar-refractivity contribution in [3.8, 4) is 0 Å². The number of aldehydes is 1. The minimum atomic E-state index is -0.171. The summed E-state index contributed by atoms with van der Waals surface area (Å²) in [6.45, 7) is 7.13. The minimum absolute atomic E-state index is 0.171. The Labute approximate surface area is 201 Å². The van der Waals surface area contributed by atoms with Crippen LogP contribution in [0.25, 0.3) is 10.1 Å². The van der Waals surface area contributed by atoms with Gasteiger partial charge in [0.15, 0.2) is 0 Å². The molecule has 0 aliphatic rings. The van der Waals surface area contributed by atoms with E-state index in [0.29, 0.717) is 24.6 Å². The van der Waals surface area contributed by atoms with Gasteiger partial charge in [0, 0.05) is 29.6 Å². The number of fused-ring (bicyclic) bond motifs is 1. The summed E-state index contributed by atoms with van der Waals surface area (Å²) < 4.78 is 1.32. The Bertz CT molecular complexity index is 1050. The standard InChI is InChI=1S/C27H35N3O2S/c1-5-10-20(11-6-2)25(26-19(3)22-12-7-8-13-24(22)33-26)29-21-14-15-23(28-18-21)27(32)30(4)16-9-17-31/h7-8,12-15,17-18,20,25,29H,5-6,9-11,16H2,1-4H3. The highest BCUT2D eigenvalue weighted by Gasteiger charge is 2.26. The second-order valence-corrected chi connectivity index (χ2v) is 9.74. The fourth-order valence-corrected chi connectivity index (χ4v) is 5.79. The van der Waals surface area contributed by atoms with Gasteiger partial charge in [0.05, 0.1) is 17.9 Å². The molecule has 0 saturated heterocycles. The number of benzene rings is 1. The molecule has 0 bridgehead atoms. The molecule has 3 rings (SSSR count). The van der Waals surface area contributed by atoms with Gasteiger partial charge in [-0.2, -0.15) is 0 Å². The van der Waals surface area contributed by atoms with Crippen molar-refractivity contribution in [1.29, 1.82) is 0 Å². The van der Waals surface area contributed by atoms with Crippen LogP contribution in [0, 0.1) is 12.8 Å². The van der Waals surface area contributed by atoms with Crippen LogP contribution in [-0.2, 0) is 4.79 Å². The lowest BCUT2D eigenvalue weighted by atomic mass is 9.88. The molecule has 2 aromatic heterocycles. The monoisotopic (exact) mass is 465 g/mol. The highest BCUT2D eigenvalue weighted by molar-refractivity contribution is 7.19. The lowest BCUT2D eigenvalue weighted by Crippen LogP contribution is -2.28. The normalized spacial score (nSPS) is 12.2. The molecule has 1 atom stereocenters. The van der Waals surface area contributed by atoms with Crippen molar-refractivity contribution >= 4 is 39.3 Å².